The van der Waals surface area contributed by atoms with Crippen LogP contribution in [0, 0.1) is 13.8 Å². The number of nitrogens with one attached hydrogen (secondary N) is 1. The summed E-state index contributed by atoms with van der Waals surface area (Å²) in [6.07, 6.45) is 3.53. The van der Waals surface area contributed by atoms with Crippen LogP contribution in [-0.2, 0) is 11.8 Å². The highest BCUT2D eigenvalue weighted by Crippen LogP contribution is 2.26. The Bertz CT molecular complexity index is 718. The Hall–Kier alpha value is -2.02. The van der Waals surface area contributed by atoms with E-state index in [4.69, 9.17) is 4.74 Å². The van der Waals surface area contributed by atoms with Crippen molar-refractivity contribution in [3.63, 3.8) is 0 Å². The number of thioether (sulfide) groups is 1. The van der Waals surface area contributed by atoms with Gasteiger partial charge in [0.05, 0.1) is 23.6 Å². The zero-order chi connectivity index (χ0) is 16.4. The van der Waals surface area contributed by atoms with Crippen molar-refractivity contribution in [3.05, 3.63) is 34.9 Å². The molecule has 0 amide bonds. The van der Waals surface area contributed by atoms with Crippen LogP contribution in [0.3, 0.4) is 0 Å². The fourth-order valence-corrected chi connectivity index (χ4v) is 3.17. The predicted molar refractivity (Wildman–Crippen MR) is 84.5 cm³/mol. The zero-order valence-electron chi connectivity index (χ0n) is 13.3. The van der Waals surface area contributed by atoms with E-state index in [1.54, 1.807) is 20.0 Å². The lowest BCUT2D eigenvalue weighted by molar-refractivity contribution is 0.0599. The van der Waals surface area contributed by atoms with E-state index in [1.165, 1.54) is 18.9 Å². The second kappa shape index (κ2) is 6.39. The molecule has 2 aromatic heterocycles. The Kier molecular flexibility index (Phi) is 4.75. The van der Waals surface area contributed by atoms with Crippen LogP contribution < -0.4 is 0 Å². The lowest BCUT2D eigenvalue weighted by Crippen LogP contribution is -2.16. The zero-order valence-corrected chi connectivity index (χ0v) is 14.1. The van der Waals surface area contributed by atoms with E-state index in [0.717, 1.165) is 5.16 Å². The normalized spacial score (nSPS) is 12.2. The lowest BCUT2D eigenvalue weighted by atomic mass is 10.1. The molecule has 1 atom stereocenters. The van der Waals surface area contributed by atoms with Crippen LogP contribution in [0.5, 0.6) is 0 Å². The number of carbonyl (C=O) groups excluding carboxylic acids is 2. The number of H-pyrrole nitrogens is 1. The average Bonchev–Trinajstić information content (AvgIpc) is 3.01. The van der Waals surface area contributed by atoms with Gasteiger partial charge >= 0.3 is 5.97 Å². The van der Waals surface area contributed by atoms with Crippen molar-refractivity contribution < 1.29 is 14.3 Å². The molecule has 2 rings (SSSR count). The largest absolute Gasteiger partial charge is 0.465 e. The molecule has 2 heterocycles. The van der Waals surface area contributed by atoms with Crippen molar-refractivity contribution in [2.24, 2.45) is 7.05 Å². The van der Waals surface area contributed by atoms with Gasteiger partial charge in [-0.1, -0.05) is 11.8 Å². The number of imidazole rings is 1. The van der Waals surface area contributed by atoms with Gasteiger partial charge in [-0.2, -0.15) is 0 Å². The summed E-state index contributed by atoms with van der Waals surface area (Å²) in [4.78, 5) is 31.6. The second-order valence-corrected chi connectivity index (χ2v) is 6.37. The van der Waals surface area contributed by atoms with E-state index in [2.05, 4.69) is 9.97 Å². The number of hydrogen-bond donors (Lipinski definition) is 1. The van der Waals surface area contributed by atoms with E-state index in [1.807, 2.05) is 24.7 Å². The van der Waals surface area contributed by atoms with E-state index < -0.39 is 5.97 Å². The molecule has 0 aliphatic carbocycles. The number of methoxy groups -OCH3 is 1. The molecule has 22 heavy (non-hydrogen) atoms. The highest BCUT2D eigenvalue weighted by Gasteiger charge is 2.26. The number of ketones is 1. The average molecular weight is 321 g/mol. The molecule has 0 saturated heterocycles. The molecule has 0 saturated carbocycles. The predicted octanol–water partition coefficient (Wildman–Crippen LogP) is 2.52. The van der Waals surface area contributed by atoms with E-state index in [9.17, 15) is 9.59 Å². The number of hydrogen-bond acceptors (Lipinski definition) is 5. The first-order valence-corrected chi connectivity index (χ1v) is 7.70. The smallest absolute Gasteiger partial charge is 0.339 e. The van der Waals surface area contributed by atoms with E-state index in [0.29, 0.717) is 22.5 Å². The van der Waals surface area contributed by atoms with Crippen molar-refractivity contribution in [1.82, 2.24) is 14.5 Å². The number of ether oxygens (including phenoxy) is 1. The first-order chi connectivity index (χ1) is 10.4. The highest BCUT2D eigenvalue weighted by molar-refractivity contribution is 8.00. The molecule has 0 aliphatic heterocycles. The molecule has 0 aromatic carbocycles. The van der Waals surface area contributed by atoms with Crippen LogP contribution in [0.15, 0.2) is 17.6 Å². The minimum absolute atomic E-state index is 0.0660. The summed E-state index contributed by atoms with van der Waals surface area (Å²) in [5.74, 6) is -0.501. The summed E-state index contributed by atoms with van der Waals surface area (Å²) in [6.45, 7) is 5.34. The molecular weight excluding hydrogens is 302 g/mol. The second-order valence-electron chi connectivity index (χ2n) is 5.06. The third-order valence-electron chi connectivity index (χ3n) is 3.50. The maximum atomic E-state index is 12.6. The minimum Gasteiger partial charge on any atom is -0.465 e. The van der Waals surface area contributed by atoms with Crippen molar-refractivity contribution >= 4 is 23.5 Å². The van der Waals surface area contributed by atoms with Crippen LogP contribution in [0.4, 0.5) is 0 Å². The van der Waals surface area contributed by atoms with Gasteiger partial charge in [0.15, 0.2) is 10.9 Å². The Morgan fingerprint density at radius 2 is 2.09 bits per heavy atom. The van der Waals surface area contributed by atoms with Crippen LogP contribution in [0.1, 0.15) is 39.0 Å². The van der Waals surface area contributed by atoms with Crippen LogP contribution >= 0.6 is 11.8 Å². The van der Waals surface area contributed by atoms with E-state index in [-0.39, 0.29) is 11.0 Å². The molecule has 6 nitrogen and oxygen atoms in total. The molecule has 0 spiro atoms. The van der Waals surface area contributed by atoms with E-state index >= 15 is 0 Å². The number of aromatic amines is 1. The number of esters is 1. The summed E-state index contributed by atoms with van der Waals surface area (Å²) < 4.78 is 6.63. The maximum Gasteiger partial charge on any atom is 0.339 e. The standard InChI is InChI=1S/C15H19N3O3S/c1-8-11(14(20)21-5)9(2)17-12(8)13(19)10(3)22-15-16-6-7-18(15)4/h6-7,10,17H,1-5H3/t10-/m0/s1. The van der Waals surface area contributed by atoms with Gasteiger partial charge in [-0.05, 0) is 26.3 Å². The monoisotopic (exact) mass is 321 g/mol. The molecule has 0 fully saturated rings. The van der Waals surface area contributed by atoms with Gasteiger partial charge in [0.1, 0.15) is 0 Å². The number of aryl methyl sites for hydroxylation is 2. The van der Waals surface area contributed by atoms with Gasteiger partial charge in [0.25, 0.3) is 0 Å². The summed E-state index contributed by atoms with van der Waals surface area (Å²) in [5.41, 5.74) is 2.15. The topological polar surface area (TPSA) is 77.0 Å². The quantitative estimate of drug-likeness (QED) is 0.520. The summed E-state index contributed by atoms with van der Waals surface area (Å²) in [5, 5.41) is 0.457. The lowest BCUT2D eigenvalue weighted by Gasteiger charge is -2.09. The Labute approximate surface area is 133 Å². The molecule has 0 radical (unpaired) electrons. The van der Waals surface area contributed by atoms with Gasteiger partial charge < -0.3 is 14.3 Å². The van der Waals surface area contributed by atoms with Crippen molar-refractivity contribution in [3.8, 4) is 0 Å². The minimum atomic E-state index is -0.435. The summed E-state index contributed by atoms with van der Waals surface area (Å²) in [7, 11) is 3.21. The van der Waals surface area contributed by atoms with Gasteiger partial charge in [0, 0.05) is 25.1 Å². The molecule has 2 aromatic rings. The molecule has 0 bridgehead atoms. The van der Waals surface area contributed by atoms with Crippen LogP contribution in [0.2, 0.25) is 0 Å². The number of aromatic nitrogens is 3. The molecular formula is C15H19N3O3S. The van der Waals surface area contributed by atoms with Crippen molar-refractivity contribution in [2.45, 2.75) is 31.2 Å². The van der Waals surface area contributed by atoms with Crippen molar-refractivity contribution in [1.29, 1.82) is 0 Å². The molecule has 118 valence electrons. The third-order valence-corrected chi connectivity index (χ3v) is 4.67. The number of Topliss-reactive ketones (excluding diaryl/α,β-unsaturated/α-hetero) is 1. The Morgan fingerprint density at radius 1 is 1.41 bits per heavy atom. The number of rotatable bonds is 5. The number of carbonyl (C=O) groups is 2. The third kappa shape index (κ3) is 2.94. The SMILES string of the molecule is COC(=O)c1c(C)[nH]c(C(=O)[C@H](C)Sc2nccn2C)c1C. The summed E-state index contributed by atoms with van der Waals surface area (Å²) >= 11 is 1.38. The Balaban J connectivity index is 2.26. The van der Waals surface area contributed by atoms with Gasteiger partial charge in [-0.3, -0.25) is 4.79 Å². The number of nitrogens with zero attached hydrogens (tertiary/aromatic N) is 2. The summed E-state index contributed by atoms with van der Waals surface area (Å²) in [6, 6.07) is 0. The van der Waals surface area contributed by atoms with Gasteiger partial charge in [-0.25, -0.2) is 9.78 Å². The first-order valence-electron chi connectivity index (χ1n) is 6.82. The highest BCUT2D eigenvalue weighted by atomic mass is 32.2. The first kappa shape index (κ1) is 16.4. The Morgan fingerprint density at radius 3 is 2.64 bits per heavy atom. The van der Waals surface area contributed by atoms with Crippen molar-refractivity contribution in [2.75, 3.05) is 7.11 Å². The molecule has 0 aliphatic rings. The van der Waals surface area contributed by atoms with Gasteiger partial charge in [-0.15, -0.1) is 0 Å². The molecule has 0 unspecified atom stereocenters. The van der Waals surface area contributed by atoms with Crippen LogP contribution in [-0.4, -0.2) is 38.6 Å². The molecule has 1 N–H and O–H groups in total. The van der Waals surface area contributed by atoms with Crippen LogP contribution in [0.25, 0.3) is 0 Å². The van der Waals surface area contributed by atoms with Gasteiger partial charge in [0.2, 0.25) is 0 Å². The maximum absolute atomic E-state index is 12.6. The molecule has 7 heteroatoms. The fraction of sp³-hybridized carbons (Fsp3) is 0.400. The fourth-order valence-electron chi connectivity index (χ4n) is 2.29.